The van der Waals surface area contributed by atoms with Gasteiger partial charge in [-0.1, -0.05) is 52.0 Å². The van der Waals surface area contributed by atoms with Crippen LogP contribution in [0.15, 0.2) is 30.5 Å². The summed E-state index contributed by atoms with van der Waals surface area (Å²) in [6.07, 6.45) is 3.00. The van der Waals surface area contributed by atoms with Gasteiger partial charge in [0.05, 0.1) is 11.4 Å². The van der Waals surface area contributed by atoms with Crippen molar-refractivity contribution < 1.29 is 0 Å². The molecule has 1 aromatic carbocycles. The van der Waals surface area contributed by atoms with Crippen LogP contribution in [0.4, 0.5) is 5.69 Å². The van der Waals surface area contributed by atoms with Gasteiger partial charge in [-0.15, -0.1) is 0 Å². The van der Waals surface area contributed by atoms with Gasteiger partial charge >= 0.3 is 0 Å². The van der Waals surface area contributed by atoms with Crippen LogP contribution in [0, 0.1) is 0 Å². The normalized spacial score (nSPS) is 13.2. The third-order valence-electron chi connectivity index (χ3n) is 3.89. The second-order valence-electron chi connectivity index (χ2n) is 6.75. The van der Waals surface area contributed by atoms with Gasteiger partial charge in [-0.05, 0) is 29.9 Å². The quantitative estimate of drug-likeness (QED) is 0.899. The zero-order chi connectivity index (χ0) is 15.6. The van der Waals surface area contributed by atoms with Gasteiger partial charge in [0.1, 0.15) is 0 Å². The Hall–Kier alpha value is -1.77. The lowest BCUT2D eigenvalue weighted by atomic mass is 9.86. The minimum absolute atomic E-state index is 0.202. The molecular formula is C18H27N3. The van der Waals surface area contributed by atoms with E-state index in [0.717, 1.165) is 17.8 Å². The van der Waals surface area contributed by atoms with Crippen LogP contribution in [-0.4, -0.2) is 9.78 Å². The molecule has 1 N–H and O–H groups in total. The Morgan fingerprint density at radius 1 is 1.19 bits per heavy atom. The lowest BCUT2D eigenvalue weighted by Crippen LogP contribution is -2.12. The molecule has 0 fully saturated rings. The van der Waals surface area contributed by atoms with E-state index in [1.807, 2.05) is 11.7 Å². The van der Waals surface area contributed by atoms with E-state index in [9.17, 15) is 0 Å². The zero-order valence-corrected chi connectivity index (χ0v) is 14.1. The first-order valence-corrected chi connectivity index (χ1v) is 7.70. The highest BCUT2D eigenvalue weighted by molar-refractivity contribution is 5.48. The van der Waals surface area contributed by atoms with Crippen LogP contribution in [0.2, 0.25) is 0 Å². The number of aryl methyl sites for hydroxylation is 2. The van der Waals surface area contributed by atoms with E-state index in [0.29, 0.717) is 0 Å². The van der Waals surface area contributed by atoms with E-state index in [2.05, 4.69) is 75.5 Å². The van der Waals surface area contributed by atoms with Gasteiger partial charge in [0.25, 0.3) is 0 Å². The van der Waals surface area contributed by atoms with Crippen LogP contribution in [0.3, 0.4) is 0 Å². The summed E-state index contributed by atoms with van der Waals surface area (Å²) >= 11 is 0. The molecule has 1 unspecified atom stereocenters. The number of rotatable bonds is 4. The summed E-state index contributed by atoms with van der Waals surface area (Å²) in [5.74, 6) is 0. The highest BCUT2D eigenvalue weighted by Gasteiger charge is 2.15. The largest absolute Gasteiger partial charge is 0.376 e. The van der Waals surface area contributed by atoms with Crippen molar-refractivity contribution in [2.24, 2.45) is 7.05 Å². The van der Waals surface area contributed by atoms with Crippen molar-refractivity contribution in [3.05, 3.63) is 47.3 Å². The number of hydrogen-bond acceptors (Lipinski definition) is 2. The number of benzene rings is 1. The van der Waals surface area contributed by atoms with Crippen molar-refractivity contribution in [1.82, 2.24) is 9.78 Å². The van der Waals surface area contributed by atoms with Crippen LogP contribution in [0.5, 0.6) is 0 Å². The predicted octanol–water partition coefficient (Wildman–Crippen LogP) is 4.45. The second-order valence-corrected chi connectivity index (χ2v) is 6.75. The van der Waals surface area contributed by atoms with Crippen molar-refractivity contribution >= 4 is 5.69 Å². The molecule has 0 saturated carbocycles. The zero-order valence-electron chi connectivity index (χ0n) is 14.1. The summed E-state index contributed by atoms with van der Waals surface area (Å²) in [7, 11) is 1.97. The third-order valence-corrected chi connectivity index (χ3v) is 3.89. The minimum atomic E-state index is 0.202. The average Bonchev–Trinajstić information content (AvgIpc) is 2.78. The number of nitrogens with one attached hydrogen (secondary N) is 1. The molecule has 0 aliphatic carbocycles. The highest BCUT2D eigenvalue weighted by Crippen LogP contribution is 2.26. The monoisotopic (exact) mass is 285 g/mol. The molecule has 1 aromatic heterocycles. The number of anilines is 1. The summed E-state index contributed by atoms with van der Waals surface area (Å²) < 4.78 is 1.87. The number of hydrogen-bond donors (Lipinski definition) is 1. The third kappa shape index (κ3) is 3.66. The molecular weight excluding hydrogens is 258 g/mol. The number of aromatic nitrogens is 2. The maximum Gasteiger partial charge on any atom is 0.0853 e. The van der Waals surface area contributed by atoms with E-state index >= 15 is 0 Å². The summed E-state index contributed by atoms with van der Waals surface area (Å²) in [5.41, 5.74) is 5.12. The fraction of sp³-hybridized carbons (Fsp3) is 0.500. The fourth-order valence-corrected chi connectivity index (χ4v) is 2.50. The smallest absolute Gasteiger partial charge is 0.0853 e. The Labute approximate surface area is 128 Å². The molecule has 3 nitrogen and oxygen atoms in total. The van der Waals surface area contributed by atoms with Crippen molar-refractivity contribution in [3.8, 4) is 0 Å². The Morgan fingerprint density at radius 3 is 2.33 bits per heavy atom. The fourth-order valence-electron chi connectivity index (χ4n) is 2.50. The van der Waals surface area contributed by atoms with Gasteiger partial charge in [-0.25, -0.2) is 0 Å². The molecule has 1 atom stereocenters. The molecule has 21 heavy (non-hydrogen) atoms. The Bertz CT molecular complexity index is 588. The molecule has 0 amide bonds. The SMILES string of the molecule is CCc1nn(C)cc1NC(C)c1ccc(C(C)(C)C)cc1. The predicted molar refractivity (Wildman–Crippen MR) is 89.8 cm³/mol. The molecule has 3 heteroatoms. The van der Waals surface area contributed by atoms with Gasteiger partial charge < -0.3 is 5.32 Å². The maximum absolute atomic E-state index is 4.48. The van der Waals surface area contributed by atoms with E-state index in [1.54, 1.807) is 0 Å². The molecule has 0 aliphatic heterocycles. The highest BCUT2D eigenvalue weighted by atomic mass is 15.3. The maximum atomic E-state index is 4.48. The number of nitrogens with zero attached hydrogens (tertiary/aromatic N) is 2. The first-order valence-electron chi connectivity index (χ1n) is 7.70. The van der Waals surface area contributed by atoms with Crippen molar-refractivity contribution in [2.45, 2.75) is 52.5 Å². The summed E-state index contributed by atoms with van der Waals surface area (Å²) in [6, 6.07) is 9.18. The summed E-state index contributed by atoms with van der Waals surface area (Å²) in [6.45, 7) is 11.1. The van der Waals surface area contributed by atoms with Gasteiger partial charge in [0.2, 0.25) is 0 Å². The van der Waals surface area contributed by atoms with Crippen LogP contribution < -0.4 is 5.32 Å². The van der Waals surface area contributed by atoms with Crippen molar-refractivity contribution in [1.29, 1.82) is 0 Å². The van der Waals surface area contributed by atoms with E-state index in [1.165, 1.54) is 11.1 Å². The first-order chi connectivity index (χ1) is 9.81. The Morgan fingerprint density at radius 2 is 1.81 bits per heavy atom. The molecule has 2 rings (SSSR count). The summed E-state index contributed by atoms with van der Waals surface area (Å²) in [4.78, 5) is 0. The van der Waals surface area contributed by atoms with Crippen LogP contribution >= 0.6 is 0 Å². The lowest BCUT2D eigenvalue weighted by Gasteiger charge is -2.21. The van der Waals surface area contributed by atoms with Gasteiger partial charge in [-0.2, -0.15) is 5.10 Å². The first kappa shape index (κ1) is 15.6. The molecule has 0 radical (unpaired) electrons. The minimum Gasteiger partial charge on any atom is -0.376 e. The molecule has 0 saturated heterocycles. The topological polar surface area (TPSA) is 29.9 Å². The second kappa shape index (κ2) is 5.92. The molecule has 0 aliphatic rings. The van der Waals surface area contributed by atoms with E-state index in [4.69, 9.17) is 0 Å². The molecule has 2 aromatic rings. The Kier molecular flexibility index (Phi) is 4.40. The van der Waals surface area contributed by atoms with Crippen LogP contribution in [0.25, 0.3) is 0 Å². The van der Waals surface area contributed by atoms with Crippen molar-refractivity contribution in [3.63, 3.8) is 0 Å². The molecule has 114 valence electrons. The van der Waals surface area contributed by atoms with Crippen LogP contribution in [-0.2, 0) is 18.9 Å². The summed E-state index contributed by atoms with van der Waals surface area (Å²) in [5, 5.41) is 8.05. The van der Waals surface area contributed by atoms with E-state index in [-0.39, 0.29) is 11.5 Å². The van der Waals surface area contributed by atoms with Crippen LogP contribution in [0.1, 0.15) is 57.5 Å². The van der Waals surface area contributed by atoms with E-state index < -0.39 is 0 Å². The Balaban J connectivity index is 2.15. The molecule has 0 bridgehead atoms. The van der Waals surface area contributed by atoms with Gasteiger partial charge in [-0.3, -0.25) is 4.68 Å². The lowest BCUT2D eigenvalue weighted by molar-refractivity contribution is 0.589. The van der Waals surface area contributed by atoms with Gasteiger partial charge in [0.15, 0.2) is 0 Å². The van der Waals surface area contributed by atoms with Crippen molar-refractivity contribution in [2.75, 3.05) is 5.32 Å². The molecule has 1 heterocycles. The average molecular weight is 285 g/mol. The molecule has 0 spiro atoms. The van der Waals surface area contributed by atoms with Gasteiger partial charge in [0, 0.05) is 19.3 Å². The standard InChI is InChI=1S/C18H27N3/c1-7-16-17(12-21(6)20-16)19-13(2)14-8-10-15(11-9-14)18(3,4)5/h8-13,19H,7H2,1-6H3.